The predicted molar refractivity (Wildman–Crippen MR) is 131 cm³/mol. The molecule has 4 heteroatoms. The molecule has 182 valence electrons. The van der Waals surface area contributed by atoms with Crippen molar-refractivity contribution in [2.45, 2.75) is 130 Å². The van der Waals surface area contributed by atoms with E-state index in [2.05, 4.69) is 38.1 Å². The first kappa shape index (κ1) is 26.6. The van der Waals surface area contributed by atoms with Crippen molar-refractivity contribution in [1.29, 1.82) is 0 Å². The Morgan fingerprint density at radius 3 is 2.48 bits per heavy atom. The number of hydrogen-bond donors (Lipinski definition) is 1. The minimum atomic E-state index is 0.115. The van der Waals surface area contributed by atoms with Crippen LogP contribution in [0, 0.1) is 23.7 Å². The lowest BCUT2D eigenvalue weighted by molar-refractivity contribution is -0.124. The molecule has 2 fully saturated rings. The summed E-state index contributed by atoms with van der Waals surface area (Å²) in [6.07, 6.45) is 17.1. The SMILES string of the molecule is CCCCCC(C)CCC(COC1CCCC(N2CC(C)C(=O)N2)C1)C(C)CCCC. The Bertz CT molecular complexity index is 498. The van der Waals surface area contributed by atoms with Gasteiger partial charge in [-0.3, -0.25) is 10.2 Å². The molecule has 1 saturated carbocycles. The smallest absolute Gasteiger partial charge is 0.238 e. The second kappa shape index (κ2) is 14.5. The number of carbonyl (C=O) groups excluding carboxylic acids is 1. The fraction of sp³-hybridized carbons (Fsp3) is 0.963. The maximum Gasteiger partial charge on any atom is 0.238 e. The fourth-order valence-corrected chi connectivity index (χ4v) is 5.41. The monoisotopic (exact) mass is 436 g/mol. The summed E-state index contributed by atoms with van der Waals surface area (Å²) in [5.41, 5.74) is 3.09. The molecule has 1 aliphatic carbocycles. The zero-order valence-electron chi connectivity index (χ0n) is 21.3. The number of rotatable bonds is 15. The van der Waals surface area contributed by atoms with Crippen LogP contribution in [0.2, 0.25) is 0 Å². The van der Waals surface area contributed by atoms with Crippen LogP contribution < -0.4 is 5.43 Å². The molecule has 0 bridgehead atoms. The third-order valence-corrected chi connectivity index (χ3v) is 7.91. The number of amides is 1. The van der Waals surface area contributed by atoms with Crippen molar-refractivity contribution in [1.82, 2.24) is 10.4 Å². The minimum absolute atomic E-state index is 0.115. The molecule has 1 saturated heterocycles. The maximum atomic E-state index is 11.9. The van der Waals surface area contributed by atoms with E-state index in [-0.39, 0.29) is 11.8 Å². The highest BCUT2D eigenvalue weighted by Crippen LogP contribution is 2.30. The van der Waals surface area contributed by atoms with Crippen molar-refractivity contribution in [2.75, 3.05) is 13.2 Å². The predicted octanol–water partition coefficient (Wildman–Crippen LogP) is 6.74. The lowest BCUT2D eigenvalue weighted by atomic mass is 9.84. The summed E-state index contributed by atoms with van der Waals surface area (Å²) in [5, 5.41) is 2.20. The van der Waals surface area contributed by atoms with E-state index < -0.39 is 0 Å². The molecule has 0 radical (unpaired) electrons. The van der Waals surface area contributed by atoms with E-state index in [1.54, 1.807) is 0 Å². The molecule has 1 heterocycles. The van der Waals surface area contributed by atoms with Gasteiger partial charge in [0.2, 0.25) is 5.91 Å². The standard InChI is InChI=1S/C27H52N2O2/c1-6-8-10-12-21(3)16-17-24(22(4)13-9-7-2)20-31-26-15-11-14-25(18-26)29-19-23(5)27(30)28-29/h21-26H,6-20H2,1-5H3,(H,28,30). The molecule has 1 aliphatic heterocycles. The van der Waals surface area contributed by atoms with Gasteiger partial charge in [0.1, 0.15) is 0 Å². The van der Waals surface area contributed by atoms with Crippen LogP contribution in [-0.2, 0) is 9.53 Å². The van der Waals surface area contributed by atoms with Crippen LogP contribution in [0.4, 0.5) is 0 Å². The Balaban J connectivity index is 1.81. The van der Waals surface area contributed by atoms with Gasteiger partial charge < -0.3 is 4.74 Å². The molecule has 31 heavy (non-hydrogen) atoms. The first-order valence-electron chi connectivity index (χ1n) is 13.6. The van der Waals surface area contributed by atoms with Crippen molar-refractivity contribution in [2.24, 2.45) is 23.7 Å². The zero-order valence-corrected chi connectivity index (χ0v) is 21.3. The van der Waals surface area contributed by atoms with Gasteiger partial charge in [0, 0.05) is 12.6 Å². The van der Waals surface area contributed by atoms with Crippen LogP contribution in [0.15, 0.2) is 0 Å². The highest BCUT2D eigenvalue weighted by molar-refractivity contribution is 5.79. The fourth-order valence-electron chi connectivity index (χ4n) is 5.41. The summed E-state index contributed by atoms with van der Waals surface area (Å²) in [5.74, 6) is 2.57. The van der Waals surface area contributed by atoms with Crippen LogP contribution in [0.3, 0.4) is 0 Å². The number of nitrogens with zero attached hydrogens (tertiary/aromatic N) is 1. The lowest BCUT2D eigenvalue weighted by Crippen LogP contribution is -2.45. The number of carbonyl (C=O) groups is 1. The molecule has 2 aliphatic rings. The van der Waals surface area contributed by atoms with E-state index in [0.717, 1.165) is 31.4 Å². The van der Waals surface area contributed by atoms with Crippen LogP contribution in [0.25, 0.3) is 0 Å². The summed E-state index contributed by atoms with van der Waals surface area (Å²) in [6.45, 7) is 13.3. The van der Waals surface area contributed by atoms with Crippen LogP contribution >= 0.6 is 0 Å². The molecule has 2 rings (SSSR count). The Hall–Kier alpha value is -0.610. The van der Waals surface area contributed by atoms with Gasteiger partial charge in [-0.2, -0.15) is 0 Å². The molecule has 0 aromatic rings. The third-order valence-electron chi connectivity index (χ3n) is 7.91. The van der Waals surface area contributed by atoms with Gasteiger partial charge in [-0.1, -0.05) is 86.0 Å². The van der Waals surface area contributed by atoms with Crippen molar-refractivity contribution < 1.29 is 9.53 Å². The van der Waals surface area contributed by atoms with Crippen molar-refractivity contribution >= 4 is 5.91 Å². The summed E-state index contributed by atoms with van der Waals surface area (Å²) in [7, 11) is 0. The quantitative estimate of drug-likeness (QED) is 0.289. The molecule has 0 aromatic carbocycles. The van der Waals surface area contributed by atoms with E-state index in [1.807, 2.05) is 6.92 Å². The molecular formula is C27H52N2O2. The van der Waals surface area contributed by atoms with Gasteiger partial charge in [0.25, 0.3) is 0 Å². The van der Waals surface area contributed by atoms with E-state index in [4.69, 9.17) is 4.74 Å². The largest absolute Gasteiger partial charge is 0.378 e. The van der Waals surface area contributed by atoms with Gasteiger partial charge in [0.05, 0.1) is 18.6 Å². The van der Waals surface area contributed by atoms with E-state index in [9.17, 15) is 4.79 Å². The Labute approximate surface area is 193 Å². The third kappa shape index (κ3) is 9.42. The van der Waals surface area contributed by atoms with Gasteiger partial charge in [0.15, 0.2) is 0 Å². The number of hydrazine groups is 1. The van der Waals surface area contributed by atoms with E-state index >= 15 is 0 Å². The number of nitrogens with one attached hydrogen (secondary N) is 1. The van der Waals surface area contributed by atoms with Crippen molar-refractivity contribution in [3.8, 4) is 0 Å². The van der Waals surface area contributed by atoms with Gasteiger partial charge in [-0.15, -0.1) is 0 Å². The van der Waals surface area contributed by atoms with Crippen molar-refractivity contribution in [3.63, 3.8) is 0 Å². The molecular weight excluding hydrogens is 384 g/mol. The Morgan fingerprint density at radius 1 is 1.03 bits per heavy atom. The average Bonchev–Trinajstić information content (AvgIpc) is 3.11. The molecule has 0 spiro atoms. The van der Waals surface area contributed by atoms with Crippen LogP contribution in [0.1, 0.15) is 118 Å². The molecule has 4 nitrogen and oxygen atoms in total. The van der Waals surface area contributed by atoms with Gasteiger partial charge in [-0.05, 0) is 49.9 Å². The average molecular weight is 437 g/mol. The molecule has 1 N–H and O–H groups in total. The topological polar surface area (TPSA) is 41.6 Å². The summed E-state index contributed by atoms with van der Waals surface area (Å²) < 4.78 is 6.58. The first-order chi connectivity index (χ1) is 14.9. The van der Waals surface area contributed by atoms with Crippen LogP contribution in [-0.4, -0.2) is 36.2 Å². The summed E-state index contributed by atoms with van der Waals surface area (Å²) in [4.78, 5) is 11.9. The summed E-state index contributed by atoms with van der Waals surface area (Å²) >= 11 is 0. The molecule has 1 amide bonds. The van der Waals surface area contributed by atoms with E-state index in [1.165, 1.54) is 77.0 Å². The number of hydrogen-bond acceptors (Lipinski definition) is 3. The maximum absolute atomic E-state index is 11.9. The number of unbranched alkanes of at least 4 members (excludes halogenated alkanes) is 3. The zero-order chi connectivity index (χ0) is 22.6. The molecule has 6 unspecified atom stereocenters. The molecule has 6 atom stereocenters. The Morgan fingerprint density at radius 2 is 1.81 bits per heavy atom. The second-order valence-corrected chi connectivity index (χ2v) is 10.9. The van der Waals surface area contributed by atoms with Gasteiger partial charge in [-0.25, -0.2) is 5.01 Å². The van der Waals surface area contributed by atoms with Gasteiger partial charge >= 0.3 is 0 Å². The van der Waals surface area contributed by atoms with E-state index in [0.29, 0.717) is 18.1 Å². The van der Waals surface area contributed by atoms with Crippen LogP contribution in [0.5, 0.6) is 0 Å². The molecule has 0 aromatic heterocycles. The summed E-state index contributed by atoms with van der Waals surface area (Å²) in [6, 6.07) is 0.446. The lowest BCUT2D eigenvalue weighted by Gasteiger charge is -2.36. The van der Waals surface area contributed by atoms with Crippen molar-refractivity contribution in [3.05, 3.63) is 0 Å². The first-order valence-corrected chi connectivity index (χ1v) is 13.6. The minimum Gasteiger partial charge on any atom is -0.378 e. The Kier molecular flexibility index (Phi) is 12.5. The number of ether oxygens (including phenoxy) is 1. The second-order valence-electron chi connectivity index (χ2n) is 10.9. The highest BCUT2D eigenvalue weighted by Gasteiger charge is 2.35. The normalized spacial score (nSPS) is 27.8. The highest BCUT2D eigenvalue weighted by atomic mass is 16.5.